The van der Waals surface area contributed by atoms with E-state index < -0.39 is 5.54 Å². The van der Waals surface area contributed by atoms with Crippen molar-refractivity contribution in [2.75, 3.05) is 45.8 Å². The maximum absolute atomic E-state index is 13.5. The van der Waals surface area contributed by atoms with Gasteiger partial charge in [-0.2, -0.15) is 0 Å². The predicted molar refractivity (Wildman–Crippen MR) is 172 cm³/mol. The number of hydrogen-bond donors (Lipinski definition) is 1. The highest BCUT2D eigenvalue weighted by Gasteiger charge is 2.45. The zero-order valence-electron chi connectivity index (χ0n) is 24.0. The van der Waals surface area contributed by atoms with Crippen LogP contribution in [0.4, 0.5) is 0 Å². The van der Waals surface area contributed by atoms with E-state index in [0.717, 1.165) is 88.8 Å². The van der Waals surface area contributed by atoms with Gasteiger partial charge in [0.2, 0.25) is 11.8 Å². The summed E-state index contributed by atoms with van der Waals surface area (Å²) >= 11 is 25.2. The highest BCUT2D eigenvalue weighted by molar-refractivity contribution is 6.42. The van der Waals surface area contributed by atoms with Gasteiger partial charge in [0.25, 0.3) is 0 Å². The van der Waals surface area contributed by atoms with Crippen LogP contribution in [-0.4, -0.2) is 77.9 Å². The van der Waals surface area contributed by atoms with Crippen molar-refractivity contribution < 1.29 is 9.59 Å². The number of piperazine rings is 1. The Morgan fingerprint density at radius 1 is 0.786 bits per heavy atom. The first-order chi connectivity index (χ1) is 20.1. The van der Waals surface area contributed by atoms with E-state index in [-0.39, 0.29) is 23.7 Å². The summed E-state index contributed by atoms with van der Waals surface area (Å²) in [6, 6.07) is 11.2. The molecule has 2 amide bonds. The van der Waals surface area contributed by atoms with Crippen molar-refractivity contribution >= 4 is 58.2 Å². The van der Waals surface area contributed by atoms with E-state index in [1.54, 1.807) is 18.2 Å². The number of piperidine rings is 1. The second kappa shape index (κ2) is 13.6. The van der Waals surface area contributed by atoms with E-state index >= 15 is 0 Å². The van der Waals surface area contributed by atoms with Crippen LogP contribution in [0.15, 0.2) is 36.4 Å². The number of amides is 2. The molecule has 5 rings (SSSR count). The Hall–Kier alpha value is -1.54. The summed E-state index contributed by atoms with van der Waals surface area (Å²) in [6.45, 7) is 5.69. The van der Waals surface area contributed by atoms with E-state index in [1.165, 1.54) is 6.42 Å². The predicted octanol–water partition coefficient (Wildman–Crippen LogP) is 6.60. The average molecular weight is 655 g/mol. The number of carbonyl (C=O) groups is 2. The Morgan fingerprint density at radius 3 is 2.12 bits per heavy atom. The number of rotatable bonds is 8. The summed E-state index contributed by atoms with van der Waals surface area (Å²) in [6.07, 6.45) is 8.05. The molecule has 1 aliphatic carbocycles. The van der Waals surface area contributed by atoms with Crippen LogP contribution in [0, 0.1) is 0 Å². The van der Waals surface area contributed by atoms with Crippen LogP contribution < -0.4 is 5.73 Å². The van der Waals surface area contributed by atoms with Gasteiger partial charge in [0.05, 0.1) is 16.5 Å². The minimum absolute atomic E-state index is 0.0651. The Bertz CT molecular complexity index is 1270. The molecule has 1 atom stereocenters. The van der Waals surface area contributed by atoms with Crippen molar-refractivity contribution in [3.05, 3.63) is 67.6 Å². The monoisotopic (exact) mass is 652 g/mol. The van der Waals surface area contributed by atoms with Crippen LogP contribution in [0.25, 0.3) is 0 Å². The summed E-state index contributed by atoms with van der Waals surface area (Å²) in [7, 11) is 0. The molecule has 2 saturated heterocycles. The number of carbonyl (C=O) groups excluding carboxylic acids is 2. The lowest BCUT2D eigenvalue weighted by Gasteiger charge is -2.49. The fourth-order valence-electron chi connectivity index (χ4n) is 7.38. The first-order valence-corrected chi connectivity index (χ1v) is 16.6. The van der Waals surface area contributed by atoms with Crippen LogP contribution in [0.2, 0.25) is 20.1 Å². The summed E-state index contributed by atoms with van der Waals surface area (Å²) < 4.78 is 0. The molecule has 3 aliphatic rings. The molecule has 3 fully saturated rings. The topological polar surface area (TPSA) is 69.9 Å². The van der Waals surface area contributed by atoms with Gasteiger partial charge in [-0.1, -0.05) is 71.7 Å². The van der Waals surface area contributed by atoms with Crippen molar-refractivity contribution in [3.8, 4) is 0 Å². The minimum Gasteiger partial charge on any atom is -0.368 e. The van der Waals surface area contributed by atoms with Crippen molar-refractivity contribution in [2.45, 2.75) is 68.7 Å². The summed E-state index contributed by atoms with van der Waals surface area (Å²) in [4.78, 5) is 32.9. The van der Waals surface area contributed by atoms with Gasteiger partial charge in [-0.05, 0) is 80.1 Å². The van der Waals surface area contributed by atoms with E-state index in [4.69, 9.17) is 52.1 Å². The summed E-state index contributed by atoms with van der Waals surface area (Å²) in [5, 5.41) is 2.11. The average Bonchev–Trinajstić information content (AvgIpc) is 2.97. The normalized spacial score (nSPS) is 23.6. The molecule has 6 nitrogen and oxygen atoms in total. The molecule has 2 heterocycles. The van der Waals surface area contributed by atoms with Crippen molar-refractivity contribution in [1.29, 1.82) is 0 Å². The Kier molecular flexibility index (Phi) is 10.3. The number of hydrogen-bond acceptors (Lipinski definition) is 4. The molecule has 1 saturated carbocycles. The van der Waals surface area contributed by atoms with Crippen LogP contribution >= 0.6 is 46.4 Å². The molecule has 0 aromatic heterocycles. The highest BCUT2D eigenvalue weighted by Crippen LogP contribution is 2.40. The van der Waals surface area contributed by atoms with Gasteiger partial charge in [-0.15, -0.1) is 0 Å². The lowest BCUT2D eigenvalue weighted by molar-refractivity contribution is -0.135. The Morgan fingerprint density at radius 2 is 1.48 bits per heavy atom. The van der Waals surface area contributed by atoms with Gasteiger partial charge in [0.15, 0.2) is 0 Å². The standard InChI is InChI=1S/C32H40Cl4N4O2/c33-25-17-23(18-26(34)21-25)19-29(41)39-11-4-7-31(22-39,24-5-6-27(35)28(36)20-24)10-12-38-13-15-40(16-14-38)32(30(37)42)8-2-1-3-9-32/h5-6,17-18,20-21H,1-4,7-16,19,22H2,(H2,37,42). The molecular weight excluding hydrogens is 614 g/mol. The fraction of sp³-hybridized carbons (Fsp3) is 0.562. The van der Waals surface area contributed by atoms with Gasteiger partial charge >= 0.3 is 0 Å². The van der Waals surface area contributed by atoms with Gasteiger partial charge < -0.3 is 15.5 Å². The van der Waals surface area contributed by atoms with Gasteiger partial charge in [-0.25, -0.2) is 0 Å². The third-order valence-electron chi connectivity index (χ3n) is 9.76. The zero-order valence-corrected chi connectivity index (χ0v) is 27.0. The highest BCUT2D eigenvalue weighted by atomic mass is 35.5. The number of benzene rings is 2. The third-order valence-corrected chi connectivity index (χ3v) is 10.9. The van der Waals surface area contributed by atoms with Crippen LogP contribution in [0.5, 0.6) is 0 Å². The molecule has 228 valence electrons. The van der Waals surface area contributed by atoms with E-state index in [0.29, 0.717) is 33.2 Å². The molecule has 2 aromatic carbocycles. The van der Waals surface area contributed by atoms with Crippen molar-refractivity contribution in [2.24, 2.45) is 5.73 Å². The lowest BCUT2D eigenvalue weighted by atomic mass is 9.71. The minimum atomic E-state index is -0.483. The molecule has 2 aromatic rings. The smallest absolute Gasteiger partial charge is 0.237 e. The van der Waals surface area contributed by atoms with Gasteiger partial charge in [-0.3, -0.25) is 14.5 Å². The molecule has 42 heavy (non-hydrogen) atoms. The van der Waals surface area contributed by atoms with E-state index in [2.05, 4.69) is 15.9 Å². The van der Waals surface area contributed by atoms with E-state index in [9.17, 15) is 9.59 Å². The fourth-order valence-corrected chi connectivity index (χ4v) is 8.25. The molecular formula is C32H40Cl4N4O2. The number of nitrogens with zero attached hydrogens (tertiary/aromatic N) is 3. The maximum Gasteiger partial charge on any atom is 0.237 e. The maximum atomic E-state index is 13.5. The lowest BCUT2D eigenvalue weighted by Crippen LogP contribution is -2.63. The number of nitrogens with two attached hydrogens (primary N) is 1. The van der Waals surface area contributed by atoms with Crippen molar-refractivity contribution in [1.82, 2.24) is 14.7 Å². The molecule has 2 aliphatic heterocycles. The SMILES string of the molecule is NC(=O)C1(N2CCN(CCC3(c4ccc(Cl)c(Cl)c4)CCCN(C(=O)Cc4cc(Cl)cc(Cl)c4)C3)CC2)CCCCC1. The zero-order chi connectivity index (χ0) is 29.9. The third kappa shape index (κ3) is 7.06. The molecule has 10 heteroatoms. The van der Waals surface area contributed by atoms with Crippen LogP contribution in [-0.2, 0) is 21.4 Å². The molecule has 2 N–H and O–H groups in total. The Balaban J connectivity index is 1.29. The molecule has 0 spiro atoms. The summed E-state index contributed by atoms with van der Waals surface area (Å²) in [5.41, 5.74) is 7.17. The molecule has 0 radical (unpaired) electrons. The first kappa shape index (κ1) is 31.9. The van der Waals surface area contributed by atoms with Gasteiger partial charge in [0.1, 0.15) is 5.54 Å². The molecule has 0 bridgehead atoms. The quantitative estimate of drug-likeness (QED) is 0.349. The van der Waals surface area contributed by atoms with E-state index in [1.807, 2.05) is 17.0 Å². The summed E-state index contributed by atoms with van der Waals surface area (Å²) in [5.74, 6) is -0.100. The van der Waals surface area contributed by atoms with Crippen molar-refractivity contribution in [3.63, 3.8) is 0 Å². The Labute approximate surface area is 269 Å². The number of primary amides is 1. The van der Waals surface area contributed by atoms with Crippen LogP contribution in [0.3, 0.4) is 0 Å². The first-order valence-electron chi connectivity index (χ1n) is 15.1. The van der Waals surface area contributed by atoms with Gasteiger partial charge in [0, 0.05) is 54.7 Å². The largest absolute Gasteiger partial charge is 0.368 e. The number of halogens is 4. The second-order valence-corrected chi connectivity index (χ2v) is 14.0. The number of likely N-dealkylation sites (tertiary alicyclic amines) is 1. The second-order valence-electron chi connectivity index (χ2n) is 12.3. The van der Waals surface area contributed by atoms with Crippen LogP contribution in [0.1, 0.15) is 62.5 Å². The molecule has 1 unspecified atom stereocenters.